The molecule has 1 atom stereocenters. The van der Waals surface area contributed by atoms with Crippen molar-refractivity contribution in [1.82, 2.24) is 5.32 Å². The van der Waals surface area contributed by atoms with Crippen LogP contribution < -0.4 is 5.32 Å². The van der Waals surface area contributed by atoms with E-state index in [0.29, 0.717) is 12.0 Å². The Kier molecular flexibility index (Phi) is 4.65. The molecule has 19 heavy (non-hydrogen) atoms. The Labute approximate surface area is 116 Å². The molecule has 2 nitrogen and oxygen atoms in total. The molecule has 0 aliphatic heterocycles. The van der Waals surface area contributed by atoms with Gasteiger partial charge in [-0.2, -0.15) is 0 Å². The summed E-state index contributed by atoms with van der Waals surface area (Å²) in [6, 6.07) is 8.77. The highest BCUT2D eigenvalue weighted by molar-refractivity contribution is 5.82. The summed E-state index contributed by atoms with van der Waals surface area (Å²) in [6.07, 6.45) is 2.09. The van der Waals surface area contributed by atoms with Gasteiger partial charge in [-0.15, -0.1) is 0 Å². The summed E-state index contributed by atoms with van der Waals surface area (Å²) in [5.74, 6) is 1.80. The SMILES string of the molecule is CCNC(CC(C)C)c1c(CC)oc2ccccc12. The molecule has 1 N–H and O–H groups in total. The van der Waals surface area contributed by atoms with Crippen LogP contribution in [0.5, 0.6) is 0 Å². The van der Waals surface area contributed by atoms with Crippen LogP contribution in [-0.4, -0.2) is 6.54 Å². The van der Waals surface area contributed by atoms with E-state index >= 15 is 0 Å². The van der Waals surface area contributed by atoms with Gasteiger partial charge in [0.25, 0.3) is 0 Å². The van der Waals surface area contributed by atoms with E-state index in [2.05, 4.69) is 51.2 Å². The summed E-state index contributed by atoms with van der Waals surface area (Å²) in [5, 5.41) is 4.89. The molecule has 0 aliphatic rings. The van der Waals surface area contributed by atoms with Crippen LogP contribution in [0.4, 0.5) is 0 Å². The highest BCUT2D eigenvalue weighted by Crippen LogP contribution is 2.34. The molecule has 1 unspecified atom stereocenters. The Morgan fingerprint density at radius 3 is 2.53 bits per heavy atom. The topological polar surface area (TPSA) is 25.2 Å². The monoisotopic (exact) mass is 259 g/mol. The van der Waals surface area contributed by atoms with Gasteiger partial charge in [-0.1, -0.05) is 45.9 Å². The van der Waals surface area contributed by atoms with Crippen LogP contribution in [0.15, 0.2) is 28.7 Å². The number of para-hydroxylation sites is 1. The van der Waals surface area contributed by atoms with Crippen molar-refractivity contribution in [3.8, 4) is 0 Å². The van der Waals surface area contributed by atoms with Crippen LogP contribution in [0.3, 0.4) is 0 Å². The quantitative estimate of drug-likeness (QED) is 0.814. The lowest BCUT2D eigenvalue weighted by atomic mass is 9.94. The largest absolute Gasteiger partial charge is 0.461 e. The minimum atomic E-state index is 0.392. The summed E-state index contributed by atoms with van der Waals surface area (Å²) in [6.45, 7) is 9.87. The zero-order valence-corrected chi connectivity index (χ0v) is 12.5. The van der Waals surface area contributed by atoms with E-state index in [4.69, 9.17) is 4.42 Å². The third-order valence-electron chi connectivity index (χ3n) is 3.54. The van der Waals surface area contributed by atoms with Gasteiger partial charge in [0.1, 0.15) is 11.3 Å². The minimum absolute atomic E-state index is 0.392. The first kappa shape index (κ1) is 14.1. The number of furan rings is 1. The van der Waals surface area contributed by atoms with Crippen molar-refractivity contribution in [3.05, 3.63) is 35.6 Å². The number of hydrogen-bond acceptors (Lipinski definition) is 2. The summed E-state index contributed by atoms with van der Waals surface area (Å²) in [7, 11) is 0. The zero-order valence-electron chi connectivity index (χ0n) is 12.5. The molecule has 2 rings (SSSR count). The third-order valence-corrected chi connectivity index (χ3v) is 3.54. The summed E-state index contributed by atoms with van der Waals surface area (Å²) in [4.78, 5) is 0. The molecule has 1 heterocycles. The molecule has 0 bridgehead atoms. The van der Waals surface area contributed by atoms with Gasteiger partial charge in [-0.05, 0) is 24.9 Å². The molecule has 0 radical (unpaired) electrons. The Balaban J connectivity index is 2.49. The maximum Gasteiger partial charge on any atom is 0.134 e. The lowest BCUT2D eigenvalue weighted by Crippen LogP contribution is -2.23. The highest BCUT2D eigenvalue weighted by Gasteiger charge is 2.21. The second-order valence-corrected chi connectivity index (χ2v) is 5.53. The fourth-order valence-corrected chi connectivity index (χ4v) is 2.78. The van der Waals surface area contributed by atoms with Crippen molar-refractivity contribution in [3.63, 3.8) is 0 Å². The van der Waals surface area contributed by atoms with Gasteiger partial charge in [0.15, 0.2) is 0 Å². The fraction of sp³-hybridized carbons (Fsp3) is 0.529. The Morgan fingerprint density at radius 1 is 1.16 bits per heavy atom. The highest BCUT2D eigenvalue weighted by atomic mass is 16.3. The Morgan fingerprint density at radius 2 is 1.89 bits per heavy atom. The molecule has 0 saturated heterocycles. The van der Waals surface area contributed by atoms with Crippen molar-refractivity contribution in [2.24, 2.45) is 5.92 Å². The van der Waals surface area contributed by atoms with Crippen LogP contribution in [0.2, 0.25) is 0 Å². The number of fused-ring (bicyclic) bond motifs is 1. The Hall–Kier alpha value is -1.28. The van der Waals surface area contributed by atoms with Crippen LogP contribution in [-0.2, 0) is 6.42 Å². The molecule has 0 aliphatic carbocycles. The fourth-order valence-electron chi connectivity index (χ4n) is 2.78. The third kappa shape index (κ3) is 3.01. The van der Waals surface area contributed by atoms with E-state index in [1.54, 1.807) is 0 Å². The van der Waals surface area contributed by atoms with Gasteiger partial charge in [0.05, 0.1) is 0 Å². The van der Waals surface area contributed by atoms with E-state index < -0.39 is 0 Å². The molecule has 0 fully saturated rings. The molecular weight excluding hydrogens is 234 g/mol. The Bertz CT molecular complexity index is 527. The van der Waals surface area contributed by atoms with E-state index in [1.807, 2.05) is 6.07 Å². The van der Waals surface area contributed by atoms with Gasteiger partial charge in [0, 0.05) is 23.4 Å². The van der Waals surface area contributed by atoms with E-state index in [-0.39, 0.29) is 0 Å². The van der Waals surface area contributed by atoms with Crippen molar-refractivity contribution in [2.75, 3.05) is 6.54 Å². The molecule has 0 amide bonds. The average Bonchev–Trinajstić information content (AvgIpc) is 2.76. The molecule has 0 saturated carbocycles. The smallest absolute Gasteiger partial charge is 0.134 e. The first-order chi connectivity index (χ1) is 9.17. The summed E-state index contributed by atoms with van der Waals surface area (Å²) in [5.41, 5.74) is 2.38. The zero-order chi connectivity index (χ0) is 13.8. The van der Waals surface area contributed by atoms with Gasteiger partial charge >= 0.3 is 0 Å². The van der Waals surface area contributed by atoms with Crippen molar-refractivity contribution in [2.45, 2.75) is 46.6 Å². The van der Waals surface area contributed by atoms with Gasteiger partial charge in [-0.25, -0.2) is 0 Å². The number of aryl methyl sites for hydroxylation is 1. The van der Waals surface area contributed by atoms with Crippen LogP contribution in [0.25, 0.3) is 11.0 Å². The molecule has 1 aromatic carbocycles. The van der Waals surface area contributed by atoms with Crippen molar-refractivity contribution < 1.29 is 4.42 Å². The molecular formula is C17H25NO. The lowest BCUT2D eigenvalue weighted by molar-refractivity contribution is 0.429. The number of rotatable bonds is 6. The second-order valence-electron chi connectivity index (χ2n) is 5.53. The van der Waals surface area contributed by atoms with E-state index in [0.717, 1.165) is 30.7 Å². The van der Waals surface area contributed by atoms with Crippen LogP contribution in [0.1, 0.15) is 51.5 Å². The standard InChI is InChI=1S/C17H25NO/c1-5-15-17(14(18-6-2)11-12(3)4)13-9-7-8-10-16(13)19-15/h7-10,12,14,18H,5-6,11H2,1-4H3. The normalized spacial score (nSPS) is 13.3. The maximum absolute atomic E-state index is 6.02. The first-order valence-corrected chi connectivity index (χ1v) is 7.41. The van der Waals surface area contributed by atoms with Gasteiger partial charge < -0.3 is 9.73 Å². The summed E-state index contributed by atoms with van der Waals surface area (Å²) < 4.78 is 6.02. The number of nitrogens with one attached hydrogen (secondary N) is 1. The molecule has 104 valence electrons. The molecule has 2 heteroatoms. The lowest BCUT2D eigenvalue weighted by Gasteiger charge is -2.20. The van der Waals surface area contributed by atoms with E-state index in [9.17, 15) is 0 Å². The summed E-state index contributed by atoms with van der Waals surface area (Å²) >= 11 is 0. The molecule has 2 aromatic rings. The van der Waals surface area contributed by atoms with Crippen molar-refractivity contribution >= 4 is 11.0 Å². The predicted molar refractivity (Wildman–Crippen MR) is 81.5 cm³/mol. The van der Waals surface area contributed by atoms with Crippen LogP contribution >= 0.6 is 0 Å². The minimum Gasteiger partial charge on any atom is -0.461 e. The van der Waals surface area contributed by atoms with Crippen LogP contribution in [0, 0.1) is 5.92 Å². The molecule has 1 aromatic heterocycles. The number of benzene rings is 1. The second kappa shape index (κ2) is 6.25. The average molecular weight is 259 g/mol. The van der Waals surface area contributed by atoms with Gasteiger partial charge in [0.2, 0.25) is 0 Å². The maximum atomic E-state index is 6.02. The van der Waals surface area contributed by atoms with Crippen molar-refractivity contribution in [1.29, 1.82) is 0 Å². The van der Waals surface area contributed by atoms with Gasteiger partial charge in [-0.3, -0.25) is 0 Å². The predicted octanol–water partition coefficient (Wildman–Crippen LogP) is 4.69. The first-order valence-electron chi connectivity index (χ1n) is 7.41. The molecule has 0 spiro atoms. The van der Waals surface area contributed by atoms with E-state index in [1.165, 1.54) is 10.9 Å². The number of hydrogen-bond donors (Lipinski definition) is 1.